The van der Waals surface area contributed by atoms with Crippen molar-refractivity contribution < 1.29 is 4.74 Å². The highest BCUT2D eigenvalue weighted by Gasteiger charge is 1.95. The van der Waals surface area contributed by atoms with E-state index < -0.39 is 0 Å². The Hall–Kier alpha value is -1.97. The van der Waals surface area contributed by atoms with Gasteiger partial charge in [0, 0.05) is 12.3 Å². The molecule has 0 amide bonds. The Labute approximate surface area is 75.3 Å². The second-order valence-corrected chi connectivity index (χ2v) is 2.28. The number of nitrogens with zero attached hydrogens (tertiary/aromatic N) is 3. The Morgan fingerprint density at radius 1 is 1.38 bits per heavy atom. The highest BCUT2D eigenvalue weighted by molar-refractivity contribution is 5.21. The molecule has 2 heterocycles. The van der Waals surface area contributed by atoms with E-state index in [1.54, 1.807) is 30.6 Å². The van der Waals surface area contributed by atoms with Crippen molar-refractivity contribution in [2.24, 2.45) is 0 Å². The quantitative estimate of drug-likeness (QED) is 0.688. The maximum atomic E-state index is 5.33. The van der Waals surface area contributed by atoms with E-state index >= 15 is 0 Å². The molecule has 0 aliphatic rings. The van der Waals surface area contributed by atoms with Crippen LogP contribution in [0.1, 0.15) is 0 Å². The lowest BCUT2D eigenvalue weighted by Crippen LogP contribution is -1.87. The fourth-order valence-corrected chi connectivity index (χ4v) is 0.833. The zero-order chi connectivity index (χ0) is 8.93. The first-order valence-electron chi connectivity index (χ1n) is 3.71. The second kappa shape index (κ2) is 3.62. The Bertz CT molecular complexity index is 326. The number of rotatable bonds is 2. The average molecular weight is 172 g/mol. The summed E-state index contributed by atoms with van der Waals surface area (Å²) in [6.45, 7) is 0. The largest absolute Gasteiger partial charge is 0.437 e. The van der Waals surface area contributed by atoms with Gasteiger partial charge in [-0.15, -0.1) is 0 Å². The smallest absolute Gasteiger partial charge is 0.223 e. The van der Waals surface area contributed by atoms with Crippen LogP contribution in [0.2, 0.25) is 0 Å². The van der Waals surface area contributed by atoms with Crippen LogP contribution in [0.4, 0.5) is 0 Å². The van der Waals surface area contributed by atoms with E-state index in [1.807, 2.05) is 0 Å². The Balaban J connectivity index is 2.16. The molecule has 2 aromatic rings. The number of hydrogen-bond donors (Lipinski definition) is 0. The summed E-state index contributed by atoms with van der Waals surface area (Å²) in [6.07, 6.45) is 7.30. The molecule has 0 saturated carbocycles. The lowest BCUT2D eigenvalue weighted by molar-refractivity contribution is 0.459. The first kappa shape index (κ1) is 7.67. The zero-order valence-corrected chi connectivity index (χ0v) is 6.71. The van der Waals surface area contributed by atoms with Gasteiger partial charge in [0.1, 0.15) is 12.1 Å². The van der Waals surface area contributed by atoms with Crippen molar-refractivity contribution in [1.82, 2.24) is 15.0 Å². The SMILES string of the molecule is [c]1cc(Oc2cccnc2)ncn1. The molecule has 0 aromatic carbocycles. The minimum Gasteiger partial charge on any atom is -0.437 e. The van der Waals surface area contributed by atoms with E-state index in [1.165, 1.54) is 6.33 Å². The molecule has 0 bridgehead atoms. The van der Waals surface area contributed by atoms with E-state index in [4.69, 9.17) is 4.74 Å². The van der Waals surface area contributed by atoms with Gasteiger partial charge in [-0.25, -0.2) is 9.97 Å². The van der Waals surface area contributed by atoms with Crippen molar-refractivity contribution in [3.63, 3.8) is 0 Å². The van der Waals surface area contributed by atoms with Crippen LogP contribution in [0, 0.1) is 6.20 Å². The fourth-order valence-electron chi connectivity index (χ4n) is 0.833. The summed E-state index contributed by atoms with van der Waals surface area (Å²) in [5.74, 6) is 1.11. The molecule has 2 aromatic heterocycles. The predicted octanol–water partition coefficient (Wildman–Crippen LogP) is 1.46. The number of hydrogen-bond acceptors (Lipinski definition) is 4. The minimum atomic E-state index is 0.461. The molecule has 4 nitrogen and oxygen atoms in total. The molecule has 0 atom stereocenters. The van der Waals surface area contributed by atoms with E-state index in [9.17, 15) is 0 Å². The van der Waals surface area contributed by atoms with Crippen LogP contribution >= 0.6 is 0 Å². The molecule has 0 fully saturated rings. The second-order valence-electron chi connectivity index (χ2n) is 2.28. The topological polar surface area (TPSA) is 47.9 Å². The molecule has 0 aliphatic heterocycles. The number of ether oxygens (including phenoxy) is 1. The number of aromatic nitrogens is 3. The molecule has 4 heteroatoms. The third-order valence-electron chi connectivity index (χ3n) is 1.36. The molecule has 0 saturated heterocycles. The summed E-state index contributed by atoms with van der Waals surface area (Å²) >= 11 is 0. The van der Waals surface area contributed by atoms with Crippen LogP contribution in [0.15, 0.2) is 36.9 Å². The van der Waals surface area contributed by atoms with Gasteiger partial charge in [-0.1, -0.05) is 0 Å². The van der Waals surface area contributed by atoms with Gasteiger partial charge in [0.2, 0.25) is 5.88 Å². The van der Waals surface area contributed by atoms with Gasteiger partial charge in [0.15, 0.2) is 0 Å². The van der Waals surface area contributed by atoms with Gasteiger partial charge in [0.25, 0.3) is 0 Å². The van der Waals surface area contributed by atoms with Crippen molar-refractivity contribution in [3.05, 3.63) is 43.1 Å². The monoisotopic (exact) mass is 172 g/mol. The summed E-state index contributed by atoms with van der Waals surface area (Å²) < 4.78 is 5.33. The Morgan fingerprint density at radius 3 is 3.08 bits per heavy atom. The van der Waals surface area contributed by atoms with Crippen molar-refractivity contribution in [2.75, 3.05) is 0 Å². The van der Waals surface area contributed by atoms with Gasteiger partial charge >= 0.3 is 0 Å². The third kappa shape index (κ3) is 1.99. The highest BCUT2D eigenvalue weighted by atomic mass is 16.5. The first-order valence-corrected chi connectivity index (χ1v) is 3.71. The molecular formula is C9H6N3O. The molecule has 1 radical (unpaired) electrons. The molecule has 0 aliphatic carbocycles. The van der Waals surface area contributed by atoms with E-state index in [0.717, 1.165) is 0 Å². The van der Waals surface area contributed by atoms with E-state index in [-0.39, 0.29) is 0 Å². The lowest BCUT2D eigenvalue weighted by atomic mass is 10.5. The first-order chi connectivity index (χ1) is 6.45. The van der Waals surface area contributed by atoms with E-state index in [0.29, 0.717) is 11.6 Å². The molecule has 0 N–H and O–H groups in total. The van der Waals surface area contributed by atoms with Crippen molar-refractivity contribution in [2.45, 2.75) is 0 Å². The van der Waals surface area contributed by atoms with Gasteiger partial charge in [-0.2, -0.15) is 0 Å². The maximum Gasteiger partial charge on any atom is 0.223 e. The Morgan fingerprint density at radius 2 is 2.38 bits per heavy atom. The zero-order valence-electron chi connectivity index (χ0n) is 6.71. The van der Waals surface area contributed by atoms with Crippen molar-refractivity contribution in [1.29, 1.82) is 0 Å². The summed E-state index contributed by atoms with van der Waals surface area (Å²) in [4.78, 5) is 11.4. The molecule has 63 valence electrons. The summed E-state index contributed by atoms with van der Waals surface area (Å²) in [5.41, 5.74) is 0. The number of pyridine rings is 1. The molecule has 2 rings (SSSR count). The molecule has 0 unspecified atom stereocenters. The van der Waals surface area contributed by atoms with Gasteiger partial charge < -0.3 is 4.74 Å². The predicted molar refractivity (Wildman–Crippen MR) is 45.2 cm³/mol. The van der Waals surface area contributed by atoms with Gasteiger partial charge in [0.05, 0.1) is 12.4 Å². The highest BCUT2D eigenvalue weighted by Crippen LogP contribution is 2.15. The summed E-state index contributed by atoms with van der Waals surface area (Å²) in [5, 5.41) is 0. The van der Waals surface area contributed by atoms with Crippen molar-refractivity contribution >= 4 is 0 Å². The van der Waals surface area contributed by atoms with Gasteiger partial charge in [-0.3, -0.25) is 4.98 Å². The minimum absolute atomic E-state index is 0.461. The molecular weight excluding hydrogens is 166 g/mol. The van der Waals surface area contributed by atoms with Crippen LogP contribution in [0.3, 0.4) is 0 Å². The lowest BCUT2D eigenvalue weighted by Gasteiger charge is -2.01. The molecule has 0 spiro atoms. The van der Waals surface area contributed by atoms with Gasteiger partial charge in [-0.05, 0) is 12.1 Å². The van der Waals surface area contributed by atoms with Crippen LogP contribution in [-0.2, 0) is 0 Å². The standard InChI is InChI=1S/C9H6N3O/c1-2-8(6-10-4-1)13-9-3-5-11-7-12-9/h1-4,6-7H. The van der Waals surface area contributed by atoms with E-state index in [2.05, 4.69) is 21.1 Å². The maximum absolute atomic E-state index is 5.33. The normalized spacial score (nSPS) is 9.54. The van der Waals surface area contributed by atoms with Crippen LogP contribution in [0.25, 0.3) is 0 Å². The van der Waals surface area contributed by atoms with Crippen LogP contribution in [0.5, 0.6) is 11.6 Å². The summed E-state index contributed by atoms with van der Waals surface area (Å²) in [6, 6.07) is 5.16. The molecule has 13 heavy (non-hydrogen) atoms. The fraction of sp³-hybridized carbons (Fsp3) is 0. The average Bonchev–Trinajstić information content (AvgIpc) is 2.21. The third-order valence-corrected chi connectivity index (χ3v) is 1.36. The van der Waals surface area contributed by atoms with Crippen LogP contribution in [-0.4, -0.2) is 15.0 Å². The Kier molecular flexibility index (Phi) is 2.14. The van der Waals surface area contributed by atoms with Crippen LogP contribution < -0.4 is 4.74 Å². The van der Waals surface area contributed by atoms with Crippen molar-refractivity contribution in [3.8, 4) is 11.6 Å². The summed E-state index contributed by atoms with van der Waals surface area (Å²) in [7, 11) is 0.